The van der Waals surface area contributed by atoms with Crippen LogP contribution in [0.3, 0.4) is 0 Å². The van der Waals surface area contributed by atoms with Gasteiger partial charge in [0.05, 0.1) is 25.2 Å². The fraction of sp³-hybridized carbons (Fsp3) is 0.588. The maximum absolute atomic E-state index is 11.8. The molecule has 0 unspecified atom stereocenters. The number of carbonyl (C=O) groups is 1. The summed E-state index contributed by atoms with van der Waals surface area (Å²) < 4.78 is 10.3. The standard InChI is InChI=1S/C17H24O4/c1-4-21-16(18)13-7-9-17(19,10-8-13)14-5-6-15(20-3)12(2)11-14/h5-6,11,13,19H,4,7-10H2,1-3H3. The summed E-state index contributed by atoms with van der Waals surface area (Å²) >= 11 is 0. The monoisotopic (exact) mass is 292 g/mol. The normalized spacial score (nSPS) is 25.4. The van der Waals surface area contributed by atoms with Crippen molar-refractivity contribution in [3.05, 3.63) is 29.3 Å². The smallest absolute Gasteiger partial charge is 0.308 e. The fourth-order valence-corrected chi connectivity index (χ4v) is 3.05. The van der Waals surface area contributed by atoms with Gasteiger partial charge in [0.1, 0.15) is 5.75 Å². The number of benzene rings is 1. The van der Waals surface area contributed by atoms with Gasteiger partial charge < -0.3 is 14.6 Å². The third kappa shape index (κ3) is 3.38. The van der Waals surface area contributed by atoms with E-state index in [0.717, 1.165) is 16.9 Å². The second-order valence-electron chi connectivity index (χ2n) is 5.74. The zero-order valence-electron chi connectivity index (χ0n) is 13.0. The minimum atomic E-state index is -0.847. The summed E-state index contributed by atoms with van der Waals surface area (Å²) in [6, 6.07) is 5.78. The lowest BCUT2D eigenvalue weighted by atomic mass is 9.75. The lowest BCUT2D eigenvalue weighted by Crippen LogP contribution is -2.34. The van der Waals surface area contributed by atoms with Crippen molar-refractivity contribution in [1.82, 2.24) is 0 Å². The molecule has 0 atom stereocenters. The summed E-state index contributed by atoms with van der Waals surface area (Å²) in [5.41, 5.74) is 1.07. The van der Waals surface area contributed by atoms with E-state index >= 15 is 0 Å². The molecule has 0 bridgehead atoms. The first kappa shape index (κ1) is 15.8. The van der Waals surface area contributed by atoms with E-state index in [4.69, 9.17) is 9.47 Å². The quantitative estimate of drug-likeness (QED) is 0.867. The number of hydrogen-bond donors (Lipinski definition) is 1. The number of esters is 1. The van der Waals surface area contributed by atoms with Gasteiger partial charge >= 0.3 is 5.97 Å². The van der Waals surface area contributed by atoms with Crippen LogP contribution in [0.4, 0.5) is 0 Å². The zero-order chi connectivity index (χ0) is 15.5. The Morgan fingerprint density at radius 3 is 2.57 bits per heavy atom. The predicted molar refractivity (Wildman–Crippen MR) is 80.2 cm³/mol. The second-order valence-corrected chi connectivity index (χ2v) is 5.74. The number of hydrogen-bond acceptors (Lipinski definition) is 4. The number of rotatable bonds is 4. The van der Waals surface area contributed by atoms with E-state index in [2.05, 4.69) is 0 Å². The largest absolute Gasteiger partial charge is 0.496 e. The van der Waals surface area contributed by atoms with Crippen LogP contribution in [0.1, 0.15) is 43.7 Å². The molecule has 0 radical (unpaired) electrons. The summed E-state index contributed by atoms with van der Waals surface area (Å²) in [5.74, 6) is 0.609. The average Bonchev–Trinajstić information content (AvgIpc) is 2.48. The Hall–Kier alpha value is -1.55. The van der Waals surface area contributed by atoms with Gasteiger partial charge in [0, 0.05) is 0 Å². The molecule has 0 spiro atoms. The molecule has 116 valence electrons. The topological polar surface area (TPSA) is 55.8 Å². The highest BCUT2D eigenvalue weighted by Gasteiger charge is 2.37. The van der Waals surface area contributed by atoms with Crippen molar-refractivity contribution in [2.24, 2.45) is 5.92 Å². The Morgan fingerprint density at radius 1 is 1.38 bits per heavy atom. The van der Waals surface area contributed by atoms with Gasteiger partial charge in [-0.3, -0.25) is 4.79 Å². The molecule has 0 amide bonds. The summed E-state index contributed by atoms with van der Waals surface area (Å²) in [6.45, 7) is 4.20. The van der Waals surface area contributed by atoms with Gasteiger partial charge in [-0.25, -0.2) is 0 Å². The van der Waals surface area contributed by atoms with Crippen LogP contribution in [0.25, 0.3) is 0 Å². The van der Waals surface area contributed by atoms with Crippen LogP contribution < -0.4 is 4.74 Å². The predicted octanol–water partition coefficient (Wildman–Crippen LogP) is 2.94. The fourth-order valence-electron chi connectivity index (χ4n) is 3.05. The van der Waals surface area contributed by atoms with Crippen molar-refractivity contribution >= 4 is 5.97 Å². The second kappa shape index (κ2) is 6.48. The summed E-state index contributed by atoms with van der Waals surface area (Å²) in [4.78, 5) is 11.8. The SMILES string of the molecule is CCOC(=O)C1CCC(O)(c2ccc(OC)c(C)c2)CC1. The van der Waals surface area contributed by atoms with Crippen molar-refractivity contribution in [2.75, 3.05) is 13.7 Å². The molecule has 1 N–H and O–H groups in total. The molecule has 1 aliphatic carbocycles. The molecule has 0 saturated heterocycles. The van der Waals surface area contributed by atoms with Gasteiger partial charge in [0.15, 0.2) is 0 Å². The summed E-state index contributed by atoms with van der Waals surface area (Å²) in [7, 11) is 1.64. The van der Waals surface area contributed by atoms with Gasteiger partial charge in [-0.15, -0.1) is 0 Å². The van der Waals surface area contributed by atoms with Crippen molar-refractivity contribution in [1.29, 1.82) is 0 Å². The maximum atomic E-state index is 11.8. The number of aryl methyl sites for hydroxylation is 1. The van der Waals surface area contributed by atoms with Gasteiger partial charge in [-0.1, -0.05) is 6.07 Å². The molecule has 0 aromatic heterocycles. The van der Waals surface area contributed by atoms with E-state index in [9.17, 15) is 9.90 Å². The Labute approximate surface area is 126 Å². The number of aliphatic hydroxyl groups is 1. The van der Waals surface area contributed by atoms with Crippen LogP contribution in [0.2, 0.25) is 0 Å². The lowest BCUT2D eigenvalue weighted by Gasteiger charge is -2.35. The Bertz CT molecular complexity index is 502. The van der Waals surface area contributed by atoms with Gasteiger partial charge in [-0.05, 0) is 62.8 Å². The highest BCUT2D eigenvalue weighted by molar-refractivity contribution is 5.72. The Kier molecular flexibility index (Phi) is 4.88. The first-order valence-corrected chi connectivity index (χ1v) is 7.54. The van der Waals surface area contributed by atoms with E-state index < -0.39 is 5.60 Å². The highest BCUT2D eigenvalue weighted by atomic mass is 16.5. The molecule has 1 fully saturated rings. The lowest BCUT2D eigenvalue weighted by molar-refractivity contribution is -0.151. The molecule has 1 saturated carbocycles. The molecule has 1 aromatic rings. The minimum Gasteiger partial charge on any atom is -0.496 e. The number of ether oxygens (including phenoxy) is 2. The van der Waals surface area contributed by atoms with E-state index in [1.54, 1.807) is 7.11 Å². The summed E-state index contributed by atoms with van der Waals surface area (Å²) in [6.07, 6.45) is 2.51. The minimum absolute atomic E-state index is 0.0791. The van der Waals surface area contributed by atoms with Crippen LogP contribution in [-0.2, 0) is 15.1 Å². The van der Waals surface area contributed by atoms with E-state index in [0.29, 0.717) is 32.3 Å². The van der Waals surface area contributed by atoms with Crippen LogP contribution in [-0.4, -0.2) is 24.8 Å². The molecule has 4 nitrogen and oxygen atoms in total. The van der Waals surface area contributed by atoms with Gasteiger partial charge in [0.2, 0.25) is 0 Å². The molecule has 0 heterocycles. The molecule has 1 aliphatic rings. The third-order valence-corrected chi connectivity index (χ3v) is 4.36. The van der Waals surface area contributed by atoms with Crippen molar-refractivity contribution in [2.45, 2.75) is 45.1 Å². The molecular formula is C17H24O4. The van der Waals surface area contributed by atoms with E-state index in [1.165, 1.54) is 0 Å². The number of carbonyl (C=O) groups excluding carboxylic acids is 1. The third-order valence-electron chi connectivity index (χ3n) is 4.36. The van der Waals surface area contributed by atoms with Crippen molar-refractivity contribution < 1.29 is 19.4 Å². The van der Waals surface area contributed by atoms with Crippen LogP contribution in [0, 0.1) is 12.8 Å². The first-order chi connectivity index (χ1) is 10.00. The zero-order valence-corrected chi connectivity index (χ0v) is 13.0. The van der Waals surface area contributed by atoms with Crippen LogP contribution in [0.5, 0.6) is 5.75 Å². The van der Waals surface area contributed by atoms with Crippen LogP contribution >= 0.6 is 0 Å². The molecule has 21 heavy (non-hydrogen) atoms. The van der Waals surface area contributed by atoms with Gasteiger partial charge in [0.25, 0.3) is 0 Å². The van der Waals surface area contributed by atoms with Gasteiger partial charge in [-0.2, -0.15) is 0 Å². The molecular weight excluding hydrogens is 268 g/mol. The van der Waals surface area contributed by atoms with Crippen molar-refractivity contribution in [3.8, 4) is 5.75 Å². The van der Waals surface area contributed by atoms with E-state index in [-0.39, 0.29) is 11.9 Å². The highest BCUT2D eigenvalue weighted by Crippen LogP contribution is 2.40. The summed E-state index contributed by atoms with van der Waals surface area (Å²) in [5, 5.41) is 10.9. The molecule has 0 aliphatic heterocycles. The van der Waals surface area contributed by atoms with Crippen LogP contribution in [0.15, 0.2) is 18.2 Å². The van der Waals surface area contributed by atoms with E-state index in [1.807, 2.05) is 32.0 Å². The van der Waals surface area contributed by atoms with Crippen molar-refractivity contribution in [3.63, 3.8) is 0 Å². The average molecular weight is 292 g/mol. The Morgan fingerprint density at radius 2 is 2.05 bits per heavy atom. The molecule has 4 heteroatoms. The molecule has 2 rings (SSSR count). The maximum Gasteiger partial charge on any atom is 0.308 e. The molecule has 1 aromatic carbocycles. The first-order valence-electron chi connectivity index (χ1n) is 7.54. The number of methoxy groups -OCH3 is 1. The Balaban J connectivity index is 2.08.